The lowest BCUT2D eigenvalue weighted by Gasteiger charge is -2.23. The Morgan fingerprint density at radius 2 is 2.08 bits per heavy atom. The van der Waals surface area contributed by atoms with Gasteiger partial charge in [0.25, 0.3) is 0 Å². The molecule has 1 fully saturated rings. The Kier molecular flexibility index (Phi) is 7.36. The highest BCUT2D eigenvalue weighted by Gasteiger charge is 2.24. The topological polar surface area (TPSA) is 29.1 Å². The van der Waals surface area contributed by atoms with E-state index in [-0.39, 0.29) is 5.91 Å². The Labute approximate surface area is 81.4 Å². The number of amides is 1. The molecule has 1 aliphatic carbocycles. The smallest absolute Gasteiger partial charge is 0.223 e. The molecular formula is C11H21NO. The van der Waals surface area contributed by atoms with E-state index < -0.39 is 0 Å². The molecule has 0 saturated heterocycles. The minimum Gasteiger partial charge on any atom is -0.352 e. The molecule has 0 aromatic rings. The van der Waals surface area contributed by atoms with E-state index in [1.807, 2.05) is 32.9 Å². The zero-order valence-electron chi connectivity index (χ0n) is 8.97. The fourth-order valence-electron chi connectivity index (χ4n) is 1.09. The largest absolute Gasteiger partial charge is 0.352 e. The van der Waals surface area contributed by atoms with Crippen molar-refractivity contribution >= 4 is 5.91 Å². The lowest BCUT2D eigenvalue weighted by atomic mass is 9.85. The quantitative estimate of drug-likeness (QED) is 0.669. The molecule has 2 heteroatoms. The van der Waals surface area contributed by atoms with Crippen LogP contribution in [0.3, 0.4) is 0 Å². The molecule has 13 heavy (non-hydrogen) atoms. The Balaban J connectivity index is 0.000000671. The molecule has 0 radical (unpaired) electrons. The molecule has 0 atom stereocenters. The first-order valence-electron chi connectivity index (χ1n) is 5.23. The second-order valence-electron chi connectivity index (χ2n) is 2.94. The molecule has 2 nitrogen and oxygen atoms in total. The van der Waals surface area contributed by atoms with E-state index in [1.165, 1.54) is 6.42 Å². The summed E-state index contributed by atoms with van der Waals surface area (Å²) in [4.78, 5) is 11.2. The highest BCUT2D eigenvalue weighted by atomic mass is 16.1. The number of allylic oxidation sites excluding steroid dienone is 1. The highest BCUT2D eigenvalue weighted by molar-refractivity contribution is 5.79. The number of rotatable bonds is 3. The zero-order valence-corrected chi connectivity index (χ0v) is 8.97. The number of hydrogen-bond acceptors (Lipinski definition) is 1. The predicted molar refractivity (Wildman–Crippen MR) is 56.5 cm³/mol. The molecule has 76 valence electrons. The SMILES string of the molecule is C/C=C/CNC(=O)C1CCC1.CC. The molecule has 0 bridgehead atoms. The van der Waals surface area contributed by atoms with Crippen molar-refractivity contribution in [3.63, 3.8) is 0 Å². The van der Waals surface area contributed by atoms with Crippen LogP contribution in [0.5, 0.6) is 0 Å². The van der Waals surface area contributed by atoms with Crippen molar-refractivity contribution in [3.8, 4) is 0 Å². The van der Waals surface area contributed by atoms with Crippen LogP contribution >= 0.6 is 0 Å². The normalized spacial score (nSPS) is 15.9. The van der Waals surface area contributed by atoms with E-state index in [0.29, 0.717) is 12.5 Å². The summed E-state index contributed by atoms with van der Waals surface area (Å²) in [5.74, 6) is 0.551. The third-order valence-electron chi connectivity index (χ3n) is 2.11. The first-order valence-corrected chi connectivity index (χ1v) is 5.23. The van der Waals surface area contributed by atoms with E-state index in [1.54, 1.807) is 0 Å². The average molecular weight is 183 g/mol. The molecule has 1 amide bonds. The van der Waals surface area contributed by atoms with Crippen LogP contribution in [0, 0.1) is 5.92 Å². The third-order valence-corrected chi connectivity index (χ3v) is 2.11. The monoisotopic (exact) mass is 183 g/mol. The van der Waals surface area contributed by atoms with Crippen molar-refractivity contribution < 1.29 is 4.79 Å². The first kappa shape index (κ1) is 12.2. The first-order chi connectivity index (χ1) is 6.34. The van der Waals surface area contributed by atoms with Gasteiger partial charge < -0.3 is 5.32 Å². The molecule has 1 N–H and O–H groups in total. The van der Waals surface area contributed by atoms with E-state index >= 15 is 0 Å². The maximum absolute atomic E-state index is 11.2. The summed E-state index contributed by atoms with van der Waals surface area (Å²) in [6.07, 6.45) is 7.29. The molecule has 0 heterocycles. The minimum absolute atomic E-state index is 0.231. The van der Waals surface area contributed by atoms with E-state index in [4.69, 9.17) is 0 Å². The maximum atomic E-state index is 11.2. The van der Waals surface area contributed by atoms with Crippen molar-refractivity contribution in [2.24, 2.45) is 5.92 Å². The average Bonchev–Trinajstić information content (AvgIpc) is 2.05. The van der Waals surface area contributed by atoms with Crippen molar-refractivity contribution in [1.82, 2.24) is 5.32 Å². The molecule has 0 unspecified atom stereocenters. The predicted octanol–water partition coefficient (Wildman–Crippen LogP) is 2.51. The van der Waals surface area contributed by atoms with Gasteiger partial charge in [0.05, 0.1) is 0 Å². The summed E-state index contributed by atoms with van der Waals surface area (Å²) in [5, 5.41) is 2.86. The third kappa shape index (κ3) is 4.71. The van der Waals surface area contributed by atoms with Gasteiger partial charge in [0, 0.05) is 12.5 Å². The summed E-state index contributed by atoms with van der Waals surface area (Å²) >= 11 is 0. The van der Waals surface area contributed by atoms with Gasteiger partial charge in [-0.2, -0.15) is 0 Å². The Morgan fingerprint density at radius 3 is 2.46 bits per heavy atom. The molecule has 0 aliphatic heterocycles. The van der Waals surface area contributed by atoms with Gasteiger partial charge in [0.1, 0.15) is 0 Å². The van der Waals surface area contributed by atoms with Gasteiger partial charge in [-0.05, 0) is 19.8 Å². The van der Waals surface area contributed by atoms with Crippen LogP contribution in [-0.4, -0.2) is 12.5 Å². The van der Waals surface area contributed by atoms with Gasteiger partial charge in [0.15, 0.2) is 0 Å². The molecule has 0 spiro atoms. The van der Waals surface area contributed by atoms with Crippen molar-refractivity contribution in [2.75, 3.05) is 6.54 Å². The fourth-order valence-corrected chi connectivity index (χ4v) is 1.09. The van der Waals surface area contributed by atoms with Crippen LogP contribution in [0.1, 0.15) is 40.0 Å². The van der Waals surface area contributed by atoms with Gasteiger partial charge in [0.2, 0.25) is 5.91 Å². The van der Waals surface area contributed by atoms with Crippen LogP contribution in [0.15, 0.2) is 12.2 Å². The Bertz CT molecular complexity index is 159. The fraction of sp³-hybridized carbons (Fsp3) is 0.727. The highest BCUT2D eigenvalue weighted by Crippen LogP contribution is 2.25. The van der Waals surface area contributed by atoms with E-state index in [9.17, 15) is 4.79 Å². The molecular weight excluding hydrogens is 162 g/mol. The van der Waals surface area contributed by atoms with Gasteiger partial charge in [-0.3, -0.25) is 4.79 Å². The summed E-state index contributed by atoms with van der Waals surface area (Å²) in [7, 11) is 0. The second kappa shape index (κ2) is 7.84. The van der Waals surface area contributed by atoms with E-state index in [0.717, 1.165) is 12.8 Å². The summed E-state index contributed by atoms with van der Waals surface area (Å²) in [5.41, 5.74) is 0. The molecule has 1 rings (SSSR count). The van der Waals surface area contributed by atoms with Crippen LogP contribution in [0.2, 0.25) is 0 Å². The Hall–Kier alpha value is -0.790. The minimum atomic E-state index is 0.231. The van der Waals surface area contributed by atoms with Crippen molar-refractivity contribution in [2.45, 2.75) is 40.0 Å². The van der Waals surface area contributed by atoms with E-state index in [2.05, 4.69) is 5.32 Å². The lowest BCUT2D eigenvalue weighted by Crippen LogP contribution is -2.34. The molecule has 1 aliphatic rings. The van der Waals surface area contributed by atoms with Gasteiger partial charge in [-0.25, -0.2) is 0 Å². The molecule has 0 aromatic carbocycles. The van der Waals surface area contributed by atoms with Crippen molar-refractivity contribution in [3.05, 3.63) is 12.2 Å². The summed E-state index contributed by atoms with van der Waals surface area (Å²) in [6, 6.07) is 0. The summed E-state index contributed by atoms with van der Waals surface area (Å²) in [6.45, 7) is 6.64. The van der Waals surface area contributed by atoms with Crippen LogP contribution in [0.25, 0.3) is 0 Å². The standard InChI is InChI=1S/C9H15NO.C2H6/c1-2-3-7-10-9(11)8-5-4-6-8;1-2/h2-3,8H,4-7H2,1H3,(H,10,11);1-2H3/b3-2+;. The van der Waals surface area contributed by atoms with Crippen LogP contribution in [0.4, 0.5) is 0 Å². The number of carbonyl (C=O) groups excluding carboxylic acids is 1. The van der Waals surface area contributed by atoms with Crippen LogP contribution in [-0.2, 0) is 4.79 Å². The molecule has 0 aromatic heterocycles. The van der Waals surface area contributed by atoms with Gasteiger partial charge in [-0.15, -0.1) is 0 Å². The molecule has 1 saturated carbocycles. The van der Waals surface area contributed by atoms with Crippen LogP contribution < -0.4 is 5.32 Å². The van der Waals surface area contributed by atoms with Crippen molar-refractivity contribution in [1.29, 1.82) is 0 Å². The zero-order chi connectivity index (χ0) is 10.1. The second-order valence-corrected chi connectivity index (χ2v) is 2.94. The summed E-state index contributed by atoms with van der Waals surface area (Å²) < 4.78 is 0. The number of hydrogen-bond donors (Lipinski definition) is 1. The van der Waals surface area contributed by atoms with Gasteiger partial charge >= 0.3 is 0 Å². The van der Waals surface area contributed by atoms with Gasteiger partial charge in [-0.1, -0.05) is 32.4 Å². The number of carbonyl (C=O) groups is 1. The Morgan fingerprint density at radius 1 is 1.46 bits per heavy atom. The number of nitrogens with one attached hydrogen (secondary N) is 1. The lowest BCUT2D eigenvalue weighted by molar-refractivity contribution is -0.127. The maximum Gasteiger partial charge on any atom is 0.223 e.